The molecule has 2 N–H and O–H groups in total. The maximum Gasteiger partial charge on any atom is 0.0950 e. The zero-order valence-electron chi connectivity index (χ0n) is 9.02. The topological polar surface area (TPSA) is 48.4 Å². The number of furan rings is 1. The lowest BCUT2D eigenvalue weighted by Crippen LogP contribution is -2.21. The summed E-state index contributed by atoms with van der Waals surface area (Å²) in [7, 11) is 0. The molecule has 2 heterocycles. The summed E-state index contributed by atoms with van der Waals surface area (Å²) in [6.07, 6.45) is 9.57. The molecule has 3 nitrogen and oxygen atoms in total. The Balaban J connectivity index is 1.73. The molecule has 0 saturated carbocycles. The van der Waals surface area contributed by atoms with Gasteiger partial charge in [-0.3, -0.25) is 0 Å². The second kappa shape index (κ2) is 5.33. The molecule has 0 radical (unpaired) electrons. The molecule has 1 aliphatic rings. The van der Waals surface area contributed by atoms with Crippen LogP contribution in [0.15, 0.2) is 23.0 Å². The molecule has 1 aliphatic heterocycles. The molecule has 3 heteroatoms. The Hall–Kier alpha value is -0.800. The summed E-state index contributed by atoms with van der Waals surface area (Å²) in [6.45, 7) is 0.922. The summed E-state index contributed by atoms with van der Waals surface area (Å²) in [5.74, 6) is 0. The standard InChI is InChI=1S/C12H19NO2/c13-12(10-6-8-14-9-10)5-4-11-3-1-2-7-15-11/h6,8-9,11-12H,1-5,7,13H2. The van der Waals surface area contributed by atoms with Crippen LogP contribution in [-0.2, 0) is 4.74 Å². The van der Waals surface area contributed by atoms with E-state index in [1.54, 1.807) is 12.5 Å². The minimum absolute atomic E-state index is 0.0919. The monoisotopic (exact) mass is 209 g/mol. The Labute approximate surface area is 90.6 Å². The number of ether oxygens (including phenoxy) is 1. The van der Waals surface area contributed by atoms with Gasteiger partial charge in [0.15, 0.2) is 0 Å². The van der Waals surface area contributed by atoms with Crippen LogP contribution >= 0.6 is 0 Å². The Morgan fingerprint density at radius 1 is 1.47 bits per heavy atom. The molecule has 84 valence electrons. The molecular weight excluding hydrogens is 190 g/mol. The Bertz CT molecular complexity index is 265. The highest BCUT2D eigenvalue weighted by atomic mass is 16.5. The van der Waals surface area contributed by atoms with Crippen molar-refractivity contribution in [2.45, 2.75) is 44.2 Å². The number of nitrogens with two attached hydrogens (primary N) is 1. The van der Waals surface area contributed by atoms with Crippen molar-refractivity contribution in [1.82, 2.24) is 0 Å². The van der Waals surface area contributed by atoms with Crippen molar-refractivity contribution in [2.75, 3.05) is 6.61 Å². The minimum atomic E-state index is 0.0919. The van der Waals surface area contributed by atoms with Gasteiger partial charge in [0.25, 0.3) is 0 Å². The Kier molecular flexibility index (Phi) is 3.80. The second-order valence-corrected chi connectivity index (χ2v) is 4.23. The fraction of sp³-hybridized carbons (Fsp3) is 0.667. The molecule has 2 rings (SSSR count). The lowest BCUT2D eigenvalue weighted by molar-refractivity contribution is 0.00911. The first-order chi connectivity index (χ1) is 7.36. The van der Waals surface area contributed by atoms with E-state index < -0.39 is 0 Å². The predicted octanol–water partition coefficient (Wildman–Crippen LogP) is 2.63. The molecule has 1 aromatic heterocycles. The van der Waals surface area contributed by atoms with Crippen LogP contribution in [-0.4, -0.2) is 12.7 Å². The Morgan fingerprint density at radius 2 is 2.40 bits per heavy atom. The summed E-state index contributed by atoms with van der Waals surface area (Å²) in [6, 6.07) is 2.03. The zero-order chi connectivity index (χ0) is 10.5. The van der Waals surface area contributed by atoms with E-state index in [0.29, 0.717) is 6.10 Å². The summed E-state index contributed by atoms with van der Waals surface area (Å²) in [5.41, 5.74) is 7.13. The van der Waals surface area contributed by atoms with Gasteiger partial charge in [-0.15, -0.1) is 0 Å². The maximum absolute atomic E-state index is 6.04. The predicted molar refractivity (Wildman–Crippen MR) is 58.5 cm³/mol. The van der Waals surface area contributed by atoms with Crippen molar-refractivity contribution in [3.8, 4) is 0 Å². The van der Waals surface area contributed by atoms with E-state index in [0.717, 1.165) is 25.0 Å². The van der Waals surface area contributed by atoms with Crippen LogP contribution in [0.4, 0.5) is 0 Å². The molecular formula is C12H19NO2. The maximum atomic E-state index is 6.04. The molecule has 2 unspecified atom stereocenters. The van der Waals surface area contributed by atoms with E-state index in [9.17, 15) is 0 Å². The number of hydrogen-bond acceptors (Lipinski definition) is 3. The molecule has 1 saturated heterocycles. The summed E-state index contributed by atoms with van der Waals surface area (Å²) in [4.78, 5) is 0. The first-order valence-corrected chi connectivity index (χ1v) is 5.75. The van der Waals surface area contributed by atoms with Crippen LogP contribution in [0.25, 0.3) is 0 Å². The van der Waals surface area contributed by atoms with Crippen LogP contribution < -0.4 is 5.73 Å². The average Bonchev–Trinajstić information content (AvgIpc) is 2.81. The van der Waals surface area contributed by atoms with Crippen molar-refractivity contribution in [3.63, 3.8) is 0 Å². The highest BCUT2D eigenvalue weighted by molar-refractivity contribution is 5.10. The first-order valence-electron chi connectivity index (χ1n) is 5.75. The largest absolute Gasteiger partial charge is 0.472 e. The highest BCUT2D eigenvalue weighted by Gasteiger charge is 2.16. The van der Waals surface area contributed by atoms with Crippen LogP contribution in [0.3, 0.4) is 0 Å². The fourth-order valence-electron chi connectivity index (χ4n) is 2.05. The number of rotatable bonds is 4. The van der Waals surface area contributed by atoms with E-state index >= 15 is 0 Å². The summed E-state index contributed by atoms with van der Waals surface area (Å²) < 4.78 is 10.7. The van der Waals surface area contributed by atoms with Gasteiger partial charge in [-0.1, -0.05) is 0 Å². The summed E-state index contributed by atoms with van der Waals surface area (Å²) >= 11 is 0. The molecule has 1 fully saturated rings. The van der Waals surface area contributed by atoms with Gasteiger partial charge in [0, 0.05) is 18.2 Å². The van der Waals surface area contributed by atoms with Crippen molar-refractivity contribution in [3.05, 3.63) is 24.2 Å². The molecule has 0 aliphatic carbocycles. The molecule has 1 aromatic rings. The van der Waals surface area contributed by atoms with Gasteiger partial charge in [0.05, 0.1) is 18.6 Å². The van der Waals surface area contributed by atoms with Gasteiger partial charge in [0.2, 0.25) is 0 Å². The first kappa shape index (κ1) is 10.7. The SMILES string of the molecule is NC(CCC1CCCCO1)c1ccoc1. The van der Waals surface area contributed by atoms with Crippen LogP contribution in [0, 0.1) is 0 Å². The zero-order valence-corrected chi connectivity index (χ0v) is 9.02. The highest BCUT2D eigenvalue weighted by Crippen LogP contribution is 2.22. The molecule has 0 aromatic carbocycles. The molecule has 0 amide bonds. The van der Waals surface area contributed by atoms with E-state index in [1.807, 2.05) is 6.07 Å². The van der Waals surface area contributed by atoms with E-state index in [-0.39, 0.29) is 6.04 Å². The molecule has 0 spiro atoms. The van der Waals surface area contributed by atoms with Crippen molar-refractivity contribution in [2.24, 2.45) is 5.73 Å². The van der Waals surface area contributed by atoms with Crippen LogP contribution in [0.5, 0.6) is 0 Å². The third kappa shape index (κ3) is 3.08. The minimum Gasteiger partial charge on any atom is -0.472 e. The van der Waals surface area contributed by atoms with Crippen LogP contribution in [0.1, 0.15) is 43.7 Å². The second-order valence-electron chi connectivity index (χ2n) is 4.23. The van der Waals surface area contributed by atoms with E-state index in [4.69, 9.17) is 14.9 Å². The Morgan fingerprint density at radius 3 is 3.07 bits per heavy atom. The summed E-state index contributed by atoms with van der Waals surface area (Å²) in [5, 5.41) is 0. The van der Waals surface area contributed by atoms with Crippen molar-refractivity contribution >= 4 is 0 Å². The van der Waals surface area contributed by atoms with E-state index in [1.165, 1.54) is 19.3 Å². The van der Waals surface area contributed by atoms with Crippen molar-refractivity contribution in [1.29, 1.82) is 0 Å². The molecule has 0 bridgehead atoms. The third-order valence-electron chi connectivity index (χ3n) is 3.04. The van der Waals surface area contributed by atoms with Gasteiger partial charge >= 0.3 is 0 Å². The normalized spacial score (nSPS) is 23.9. The van der Waals surface area contributed by atoms with Crippen LogP contribution in [0.2, 0.25) is 0 Å². The lowest BCUT2D eigenvalue weighted by Gasteiger charge is -2.23. The van der Waals surface area contributed by atoms with Gasteiger partial charge in [0.1, 0.15) is 0 Å². The molecule has 15 heavy (non-hydrogen) atoms. The number of hydrogen-bond donors (Lipinski definition) is 1. The average molecular weight is 209 g/mol. The smallest absolute Gasteiger partial charge is 0.0950 e. The van der Waals surface area contributed by atoms with Gasteiger partial charge in [-0.05, 0) is 38.2 Å². The van der Waals surface area contributed by atoms with Crippen molar-refractivity contribution < 1.29 is 9.15 Å². The lowest BCUT2D eigenvalue weighted by atomic mass is 9.99. The fourth-order valence-corrected chi connectivity index (χ4v) is 2.05. The van der Waals surface area contributed by atoms with Gasteiger partial charge in [-0.25, -0.2) is 0 Å². The van der Waals surface area contributed by atoms with Gasteiger partial charge in [-0.2, -0.15) is 0 Å². The molecule has 2 atom stereocenters. The quantitative estimate of drug-likeness (QED) is 0.829. The third-order valence-corrected chi connectivity index (χ3v) is 3.04. The van der Waals surface area contributed by atoms with E-state index in [2.05, 4.69) is 0 Å². The van der Waals surface area contributed by atoms with Gasteiger partial charge < -0.3 is 14.9 Å².